The van der Waals surface area contributed by atoms with Gasteiger partial charge in [-0.3, -0.25) is 0 Å². The molecular formula is C12H19FN2. The molecule has 0 spiro atoms. The van der Waals surface area contributed by atoms with Crippen molar-refractivity contribution in [3.05, 3.63) is 23.2 Å². The van der Waals surface area contributed by atoms with Gasteiger partial charge in [0.15, 0.2) is 0 Å². The Morgan fingerprint density at radius 1 is 1.53 bits per heavy atom. The van der Waals surface area contributed by atoms with E-state index in [4.69, 9.17) is 5.26 Å². The van der Waals surface area contributed by atoms with Gasteiger partial charge in [-0.15, -0.1) is 0 Å². The Hall–Kier alpha value is -1.30. The molecule has 2 nitrogen and oxygen atoms in total. The number of hydrogen-bond acceptors (Lipinski definition) is 2. The van der Waals surface area contributed by atoms with Crippen LogP contribution in [0.25, 0.3) is 0 Å². The van der Waals surface area contributed by atoms with E-state index in [2.05, 4.69) is 12.2 Å². The summed E-state index contributed by atoms with van der Waals surface area (Å²) in [6, 6.07) is 1.88. The maximum absolute atomic E-state index is 13.2. The molecule has 0 bridgehead atoms. The Morgan fingerprint density at radius 2 is 2.13 bits per heavy atom. The molecule has 1 unspecified atom stereocenters. The molecule has 0 rings (SSSR count). The molecule has 1 atom stereocenters. The maximum atomic E-state index is 13.2. The molecule has 0 saturated heterocycles. The molecule has 0 heterocycles. The van der Waals surface area contributed by atoms with Crippen molar-refractivity contribution < 1.29 is 4.39 Å². The zero-order valence-electron chi connectivity index (χ0n) is 9.89. The molecule has 0 aliphatic heterocycles. The predicted molar refractivity (Wildman–Crippen MR) is 60.6 cm³/mol. The number of halogens is 1. The van der Waals surface area contributed by atoms with Crippen molar-refractivity contribution in [3.63, 3.8) is 0 Å². The molecule has 84 valence electrons. The van der Waals surface area contributed by atoms with Crippen LogP contribution >= 0.6 is 0 Å². The van der Waals surface area contributed by atoms with Crippen molar-refractivity contribution in [2.45, 2.75) is 33.6 Å². The van der Waals surface area contributed by atoms with Crippen LogP contribution in [0.3, 0.4) is 0 Å². The zero-order chi connectivity index (χ0) is 11.8. The van der Waals surface area contributed by atoms with E-state index in [-0.39, 0.29) is 17.8 Å². The van der Waals surface area contributed by atoms with Crippen molar-refractivity contribution in [1.29, 1.82) is 5.26 Å². The van der Waals surface area contributed by atoms with Crippen molar-refractivity contribution in [1.82, 2.24) is 5.32 Å². The molecule has 0 aromatic heterocycles. The highest BCUT2D eigenvalue weighted by atomic mass is 19.1. The number of nitrogens with one attached hydrogen (secondary N) is 1. The summed E-state index contributed by atoms with van der Waals surface area (Å²) < 4.78 is 13.2. The molecule has 0 aliphatic rings. The number of allylic oxidation sites excluding steroid dienone is 4. The molecule has 15 heavy (non-hydrogen) atoms. The van der Waals surface area contributed by atoms with Gasteiger partial charge in [0.1, 0.15) is 11.9 Å². The summed E-state index contributed by atoms with van der Waals surface area (Å²) in [6.07, 6.45) is 2.82. The van der Waals surface area contributed by atoms with E-state index >= 15 is 0 Å². The van der Waals surface area contributed by atoms with Gasteiger partial charge in [0.05, 0.1) is 5.57 Å². The van der Waals surface area contributed by atoms with E-state index in [1.165, 1.54) is 0 Å². The van der Waals surface area contributed by atoms with Gasteiger partial charge in [0.2, 0.25) is 0 Å². The molecule has 0 aromatic rings. The first-order valence-electron chi connectivity index (χ1n) is 5.28. The summed E-state index contributed by atoms with van der Waals surface area (Å²) in [6.45, 7) is 5.80. The predicted octanol–water partition coefficient (Wildman–Crippen LogP) is 3.29. The summed E-state index contributed by atoms with van der Waals surface area (Å²) in [5, 5.41) is 11.8. The van der Waals surface area contributed by atoms with E-state index in [9.17, 15) is 4.39 Å². The standard InChI is InChI=1S/C12H19FN2/c1-5-9(3)12(15-4)7-10(8-14)11(13)6-2/h7,9,15H,5-6H2,1-4H3/b11-10-,12-7+. The van der Waals surface area contributed by atoms with Crippen LogP contribution in [0, 0.1) is 17.2 Å². The van der Waals surface area contributed by atoms with Crippen LogP contribution in [0.15, 0.2) is 23.2 Å². The molecule has 0 amide bonds. The largest absolute Gasteiger partial charge is 0.391 e. The van der Waals surface area contributed by atoms with Crippen LogP contribution in [-0.4, -0.2) is 7.05 Å². The van der Waals surface area contributed by atoms with Gasteiger partial charge in [-0.25, -0.2) is 4.39 Å². The van der Waals surface area contributed by atoms with E-state index in [1.807, 2.05) is 13.0 Å². The number of rotatable bonds is 5. The maximum Gasteiger partial charge on any atom is 0.117 e. The fraction of sp³-hybridized carbons (Fsp3) is 0.583. The van der Waals surface area contributed by atoms with Gasteiger partial charge in [-0.1, -0.05) is 20.8 Å². The van der Waals surface area contributed by atoms with Crippen LogP contribution in [0.1, 0.15) is 33.6 Å². The summed E-state index contributed by atoms with van der Waals surface area (Å²) in [4.78, 5) is 0. The third kappa shape index (κ3) is 4.16. The minimum atomic E-state index is -0.353. The van der Waals surface area contributed by atoms with Crippen LogP contribution in [0.4, 0.5) is 4.39 Å². The van der Waals surface area contributed by atoms with Crippen LogP contribution in [0.2, 0.25) is 0 Å². The molecule has 0 aliphatic carbocycles. The molecule has 0 radical (unpaired) electrons. The van der Waals surface area contributed by atoms with Gasteiger partial charge in [0.25, 0.3) is 0 Å². The molecular weight excluding hydrogens is 191 g/mol. The number of nitriles is 1. The van der Waals surface area contributed by atoms with Crippen LogP contribution < -0.4 is 5.32 Å². The first-order valence-corrected chi connectivity index (χ1v) is 5.28. The topological polar surface area (TPSA) is 35.8 Å². The highest BCUT2D eigenvalue weighted by Crippen LogP contribution is 2.17. The number of nitrogens with zero attached hydrogens (tertiary/aromatic N) is 1. The second-order valence-corrected chi connectivity index (χ2v) is 3.44. The van der Waals surface area contributed by atoms with Gasteiger partial charge in [-0.05, 0) is 24.8 Å². The summed E-state index contributed by atoms with van der Waals surface area (Å²) in [7, 11) is 1.79. The summed E-state index contributed by atoms with van der Waals surface area (Å²) in [5.74, 6) is -0.0449. The smallest absolute Gasteiger partial charge is 0.117 e. The molecule has 0 saturated carbocycles. The summed E-state index contributed by atoms with van der Waals surface area (Å²) >= 11 is 0. The Morgan fingerprint density at radius 3 is 2.47 bits per heavy atom. The Labute approximate surface area is 91.5 Å². The average molecular weight is 210 g/mol. The third-order valence-corrected chi connectivity index (χ3v) is 2.45. The highest BCUT2D eigenvalue weighted by molar-refractivity contribution is 5.37. The monoisotopic (exact) mass is 210 g/mol. The van der Waals surface area contributed by atoms with Crippen molar-refractivity contribution >= 4 is 0 Å². The minimum Gasteiger partial charge on any atom is -0.391 e. The molecule has 0 aromatic carbocycles. The quantitative estimate of drug-likeness (QED) is 0.558. The minimum absolute atomic E-state index is 0.127. The summed E-state index contributed by atoms with van der Waals surface area (Å²) in [5.41, 5.74) is 1.03. The Balaban J connectivity index is 5.06. The number of hydrogen-bond donors (Lipinski definition) is 1. The van der Waals surface area contributed by atoms with E-state index in [0.29, 0.717) is 5.92 Å². The van der Waals surface area contributed by atoms with Gasteiger partial charge in [0, 0.05) is 12.7 Å². The van der Waals surface area contributed by atoms with Gasteiger partial charge in [-0.2, -0.15) is 5.26 Å². The highest BCUT2D eigenvalue weighted by Gasteiger charge is 2.07. The zero-order valence-corrected chi connectivity index (χ0v) is 9.89. The first-order chi connectivity index (χ1) is 7.10. The first kappa shape index (κ1) is 13.7. The van der Waals surface area contributed by atoms with Crippen LogP contribution in [0.5, 0.6) is 0 Å². The van der Waals surface area contributed by atoms with E-state index in [0.717, 1.165) is 12.1 Å². The van der Waals surface area contributed by atoms with Gasteiger partial charge < -0.3 is 5.32 Å². The molecule has 3 heteroatoms. The SMILES string of the molecule is CC/C(F)=C(C#N)\C=C(\NC)C(C)CC. The lowest BCUT2D eigenvalue weighted by Gasteiger charge is -2.13. The lowest BCUT2D eigenvalue weighted by atomic mass is 10.0. The van der Waals surface area contributed by atoms with Crippen molar-refractivity contribution in [2.75, 3.05) is 7.05 Å². The van der Waals surface area contributed by atoms with E-state index in [1.54, 1.807) is 20.0 Å². The second-order valence-electron chi connectivity index (χ2n) is 3.44. The van der Waals surface area contributed by atoms with Crippen LogP contribution in [-0.2, 0) is 0 Å². The molecule has 1 N–H and O–H groups in total. The Kier molecular flexibility index (Phi) is 6.44. The van der Waals surface area contributed by atoms with Gasteiger partial charge >= 0.3 is 0 Å². The Bertz CT molecular complexity index is 297. The third-order valence-electron chi connectivity index (χ3n) is 2.45. The van der Waals surface area contributed by atoms with Crippen molar-refractivity contribution in [2.24, 2.45) is 5.92 Å². The second kappa shape index (κ2) is 7.05. The van der Waals surface area contributed by atoms with Crippen molar-refractivity contribution in [3.8, 4) is 6.07 Å². The average Bonchev–Trinajstić information content (AvgIpc) is 2.28. The fourth-order valence-corrected chi connectivity index (χ4v) is 1.20. The normalized spacial score (nSPS) is 15.3. The van der Waals surface area contributed by atoms with E-state index < -0.39 is 0 Å². The lowest BCUT2D eigenvalue weighted by Crippen LogP contribution is -2.13. The lowest BCUT2D eigenvalue weighted by molar-refractivity contribution is 0.593. The molecule has 0 fully saturated rings. The fourth-order valence-electron chi connectivity index (χ4n) is 1.20.